The molecule has 3 rings (SSSR count). The van der Waals surface area contributed by atoms with Crippen LogP contribution < -0.4 is 0 Å². The van der Waals surface area contributed by atoms with Gasteiger partial charge in [-0.25, -0.2) is 0 Å². The van der Waals surface area contributed by atoms with Crippen LogP contribution in [0.25, 0.3) is 0 Å². The second kappa shape index (κ2) is 49.9. The number of rotatable bonds is 39. The van der Waals surface area contributed by atoms with Crippen molar-refractivity contribution in [2.24, 2.45) is 16.7 Å². The maximum atomic E-state index is 4.43. The summed E-state index contributed by atoms with van der Waals surface area (Å²) in [6.07, 6.45) is 80.7. The molecule has 0 heterocycles. The fraction of sp³-hybridized carbons (Fsp3) is 0.600. The molecule has 0 radical (unpaired) electrons. The molecule has 3 atom stereocenters. The van der Waals surface area contributed by atoms with Gasteiger partial charge in [0.25, 0.3) is 0 Å². The van der Waals surface area contributed by atoms with Crippen LogP contribution in [0, 0.1) is 16.7 Å². The van der Waals surface area contributed by atoms with E-state index in [0.717, 1.165) is 12.8 Å². The van der Waals surface area contributed by atoms with Crippen LogP contribution in [0.3, 0.4) is 0 Å². The van der Waals surface area contributed by atoms with E-state index in [1.54, 1.807) is 22.3 Å². The van der Waals surface area contributed by atoms with Crippen molar-refractivity contribution in [3.63, 3.8) is 0 Å². The van der Waals surface area contributed by atoms with Gasteiger partial charge in [-0.05, 0) is 353 Å². The summed E-state index contributed by atoms with van der Waals surface area (Å²) < 4.78 is 0. The van der Waals surface area contributed by atoms with Gasteiger partial charge in [-0.3, -0.25) is 0 Å². The maximum absolute atomic E-state index is 4.43. The molecule has 3 aliphatic rings. The first-order valence-electron chi connectivity index (χ1n) is 36.5. The maximum Gasteiger partial charge on any atom is -0.00779 e. The summed E-state index contributed by atoms with van der Waals surface area (Å²) in [6.45, 7) is 52.8. The zero-order valence-corrected chi connectivity index (χ0v) is 62.8. The number of hydrogen-bond donors (Lipinski definition) is 0. The summed E-state index contributed by atoms with van der Waals surface area (Å²) in [6, 6.07) is 0. The van der Waals surface area contributed by atoms with Gasteiger partial charge in [-0.1, -0.05) is 199 Å². The second-order valence-corrected chi connectivity index (χ2v) is 29.7. The van der Waals surface area contributed by atoms with E-state index in [1.807, 2.05) is 0 Å². The van der Waals surface area contributed by atoms with Crippen molar-refractivity contribution in [3.05, 3.63) is 212 Å². The van der Waals surface area contributed by atoms with Crippen LogP contribution in [0.4, 0.5) is 0 Å². The quantitative estimate of drug-likeness (QED) is 0.0538. The molecule has 0 aromatic rings. The summed E-state index contributed by atoms with van der Waals surface area (Å²) in [4.78, 5) is 0. The summed E-state index contributed by atoms with van der Waals surface area (Å²) in [5.74, 6) is 0.703. The molecular weight excluding hydrogens is 1080 g/mol. The lowest BCUT2D eigenvalue weighted by atomic mass is 9.70. The molecule has 0 fully saturated rings. The second-order valence-electron chi connectivity index (χ2n) is 29.7. The minimum Gasteiger partial charge on any atom is -0.103 e. The first kappa shape index (κ1) is 83.3. The first-order chi connectivity index (χ1) is 42.8. The smallest absolute Gasteiger partial charge is 0.00779 e. The highest BCUT2D eigenvalue weighted by atomic mass is 14.3. The molecule has 3 unspecified atom stereocenters. The number of hydrogen-bond acceptors (Lipinski definition) is 0. The summed E-state index contributed by atoms with van der Waals surface area (Å²) >= 11 is 0. The Kier molecular flexibility index (Phi) is 46.2. The third-order valence-corrected chi connectivity index (χ3v) is 19.0. The molecule has 0 saturated carbocycles. The van der Waals surface area contributed by atoms with Crippen LogP contribution in [0.1, 0.15) is 337 Å². The van der Waals surface area contributed by atoms with E-state index < -0.39 is 0 Å². The molecular formula is C90H144. The molecule has 0 N–H and O–H groups in total. The highest BCUT2D eigenvalue weighted by Gasteiger charge is 2.30. The first-order valence-corrected chi connectivity index (χ1v) is 36.5. The van der Waals surface area contributed by atoms with E-state index in [-0.39, 0.29) is 0 Å². The van der Waals surface area contributed by atoms with Gasteiger partial charge in [0.05, 0.1) is 0 Å². The average Bonchev–Trinajstić information content (AvgIpc) is 1.12. The Morgan fingerprint density at radius 3 is 1.03 bits per heavy atom. The van der Waals surface area contributed by atoms with Gasteiger partial charge in [0.1, 0.15) is 0 Å². The molecule has 0 aromatic carbocycles. The van der Waals surface area contributed by atoms with E-state index in [9.17, 15) is 0 Å². The summed E-state index contributed by atoms with van der Waals surface area (Å²) in [5, 5.41) is 0. The molecule has 3 aliphatic carbocycles. The molecule has 504 valence electrons. The van der Waals surface area contributed by atoms with Crippen LogP contribution in [0.2, 0.25) is 0 Å². The zero-order valence-electron chi connectivity index (χ0n) is 62.8. The molecule has 0 aliphatic heterocycles. The lowest BCUT2D eigenvalue weighted by molar-refractivity contribution is 0.308. The molecule has 0 bridgehead atoms. The van der Waals surface area contributed by atoms with E-state index in [4.69, 9.17) is 0 Å². The predicted molar refractivity (Wildman–Crippen MR) is 414 cm³/mol. The highest BCUT2D eigenvalue weighted by Crippen LogP contribution is 2.44. The van der Waals surface area contributed by atoms with E-state index in [0.29, 0.717) is 16.7 Å². The summed E-state index contributed by atoms with van der Waals surface area (Å²) in [7, 11) is 0. The molecule has 0 saturated heterocycles. The van der Waals surface area contributed by atoms with E-state index >= 15 is 0 Å². The van der Waals surface area contributed by atoms with Gasteiger partial charge >= 0.3 is 0 Å². The Bertz CT molecular complexity index is 2580. The van der Waals surface area contributed by atoms with Gasteiger partial charge in [-0.2, -0.15) is 0 Å². The van der Waals surface area contributed by atoms with Crippen molar-refractivity contribution in [1.82, 2.24) is 0 Å². The van der Waals surface area contributed by atoms with Crippen molar-refractivity contribution in [2.45, 2.75) is 337 Å². The van der Waals surface area contributed by atoms with Gasteiger partial charge < -0.3 is 0 Å². The Morgan fingerprint density at radius 2 is 0.700 bits per heavy atom. The molecule has 0 aromatic heterocycles. The number of allylic oxidation sites excluding steroid dienone is 33. The van der Waals surface area contributed by atoms with Crippen molar-refractivity contribution in [2.75, 3.05) is 0 Å². The lowest BCUT2D eigenvalue weighted by Gasteiger charge is -2.35. The van der Waals surface area contributed by atoms with Crippen LogP contribution in [0.15, 0.2) is 212 Å². The van der Waals surface area contributed by atoms with Gasteiger partial charge in [-0.15, -0.1) is 13.2 Å². The van der Waals surface area contributed by atoms with Crippen LogP contribution in [-0.2, 0) is 0 Å². The lowest BCUT2D eigenvalue weighted by Crippen LogP contribution is -2.21. The van der Waals surface area contributed by atoms with Crippen molar-refractivity contribution in [1.29, 1.82) is 0 Å². The van der Waals surface area contributed by atoms with Gasteiger partial charge in [0.15, 0.2) is 0 Å². The normalized spacial score (nSPS) is 19.0. The minimum absolute atomic E-state index is 0.309. The standard InChI is InChI=1S/3C30H48/c1-24(2)12-8-14-26(5)16-10-18-28(7)30-22-20-29(21-23-30)19-11-17-27(6)15-9-13-25(3)4;1-8-30(22-12-19-28(7)17-10-15-26(4)5)23-13-21-29(24-30)20-11-18-27(6)16-9-14-25(2)3;1-8-30(22-12-18-28(7)16-10-14-26(4)5)23-20-29(21-24-30)19-11-17-27(6)15-9-13-25(2)3/h12-13,16-17,20,30H,7-11,14-15,18-19,21-23H2,1-6H3;8,14-15,18-19,21H,1,9-13,16-17,20,22-24H2,2-7H3;8,13-14,17-18,20H,1,9-12,15-16,19,21-24H2,2-7H3. The van der Waals surface area contributed by atoms with Crippen molar-refractivity contribution < 1.29 is 0 Å². The Morgan fingerprint density at radius 1 is 0.367 bits per heavy atom. The predicted octanol–water partition coefficient (Wildman–Crippen LogP) is 30.6. The van der Waals surface area contributed by atoms with Gasteiger partial charge in [0, 0.05) is 0 Å². The monoisotopic (exact) mass is 1230 g/mol. The Labute approximate surface area is 562 Å². The van der Waals surface area contributed by atoms with Crippen molar-refractivity contribution >= 4 is 0 Å². The van der Waals surface area contributed by atoms with Crippen molar-refractivity contribution in [3.8, 4) is 0 Å². The minimum atomic E-state index is 0.309. The molecule has 0 heteroatoms. The zero-order chi connectivity index (χ0) is 67.2. The average molecular weight is 1230 g/mol. The van der Waals surface area contributed by atoms with Crippen LogP contribution in [0.5, 0.6) is 0 Å². The Hall–Kier alpha value is -4.68. The molecule has 0 spiro atoms. The highest BCUT2D eigenvalue weighted by molar-refractivity contribution is 5.20. The fourth-order valence-electron chi connectivity index (χ4n) is 12.6. The van der Waals surface area contributed by atoms with E-state index in [1.165, 1.54) is 266 Å². The molecule has 0 nitrogen and oxygen atoms in total. The Balaban J connectivity index is 0.000000675. The van der Waals surface area contributed by atoms with Gasteiger partial charge in [0.2, 0.25) is 0 Å². The fourth-order valence-corrected chi connectivity index (χ4v) is 12.6. The van der Waals surface area contributed by atoms with Crippen LogP contribution >= 0.6 is 0 Å². The third-order valence-electron chi connectivity index (χ3n) is 19.0. The molecule has 90 heavy (non-hydrogen) atoms. The molecule has 0 amide bonds. The largest absolute Gasteiger partial charge is 0.103 e. The van der Waals surface area contributed by atoms with Crippen LogP contribution in [-0.4, -0.2) is 0 Å². The SMILES string of the molecule is C=C(CCC=C(C)CCC=C(C)C)C1CC=C(CCC=C(C)CCC=C(C)C)CC1.C=CC1(CCC=C(C)CCC=C(C)C)CC=C(CCC=C(C)CCC=C(C)C)CC1.C=CC1(CCC=C(C)CCC=C(C)C)CCC=C(CCC=C(C)CCC=C(C)C)C1. The third kappa shape index (κ3) is 44.0. The summed E-state index contributed by atoms with van der Waals surface area (Å²) in [5.41, 5.74) is 24.8. The van der Waals surface area contributed by atoms with E-state index in [2.05, 4.69) is 248 Å². The topological polar surface area (TPSA) is 0 Å².